The summed E-state index contributed by atoms with van der Waals surface area (Å²) < 4.78 is 11.4. The van der Waals surface area contributed by atoms with Crippen LogP contribution < -0.4 is 0 Å². The molecule has 3 rings (SSSR count). The van der Waals surface area contributed by atoms with E-state index in [0.717, 1.165) is 42.7 Å². The topological polar surface area (TPSA) is 68.5 Å². The van der Waals surface area contributed by atoms with Gasteiger partial charge in [-0.1, -0.05) is 13.3 Å². The van der Waals surface area contributed by atoms with E-state index in [-0.39, 0.29) is 6.09 Å². The van der Waals surface area contributed by atoms with E-state index in [1.165, 1.54) is 0 Å². The number of fused-ring (bicyclic) bond motifs is 1. The maximum absolute atomic E-state index is 12.2. The van der Waals surface area contributed by atoms with Gasteiger partial charge in [0, 0.05) is 25.1 Å². The van der Waals surface area contributed by atoms with Crippen molar-refractivity contribution < 1.29 is 13.9 Å². The average molecular weight is 345 g/mol. The van der Waals surface area contributed by atoms with Gasteiger partial charge in [-0.3, -0.25) is 0 Å². The van der Waals surface area contributed by atoms with Crippen molar-refractivity contribution in [2.24, 2.45) is 0 Å². The van der Waals surface area contributed by atoms with E-state index < -0.39 is 5.60 Å². The third kappa shape index (κ3) is 4.30. The monoisotopic (exact) mass is 345 g/mol. The molecular weight excluding hydrogens is 318 g/mol. The standard InChI is InChI=1S/C19H27N3O3/c1-5-6-14-12-20-17-15(21-14)11-16(24-17)13-7-9-22(10-8-13)18(23)25-19(2,3)4/h11-13H,5-10H2,1-4H3. The van der Waals surface area contributed by atoms with Crippen molar-refractivity contribution in [3.63, 3.8) is 0 Å². The van der Waals surface area contributed by atoms with Crippen LogP contribution in [0, 0.1) is 0 Å². The van der Waals surface area contributed by atoms with Crippen LogP contribution in [0.15, 0.2) is 16.7 Å². The number of aryl methyl sites for hydroxylation is 1. The molecule has 0 spiro atoms. The summed E-state index contributed by atoms with van der Waals surface area (Å²) in [5.74, 6) is 1.22. The lowest BCUT2D eigenvalue weighted by atomic mass is 9.94. The van der Waals surface area contributed by atoms with Gasteiger partial charge in [-0.2, -0.15) is 0 Å². The van der Waals surface area contributed by atoms with E-state index in [1.54, 1.807) is 11.1 Å². The maximum Gasteiger partial charge on any atom is 0.410 e. The fourth-order valence-corrected chi connectivity index (χ4v) is 3.13. The Kier molecular flexibility index (Phi) is 4.97. The largest absolute Gasteiger partial charge is 0.444 e. The second-order valence-corrected chi connectivity index (χ2v) is 7.69. The highest BCUT2D eigenvalue weighted by atomic mass is 16.6. The quantitative estimate of drug-likeness (QED) is 0.830. The second-order valence-electron chi connectivity index (χ2n) is 7.69. The van der Waals surface area contributed by atoms with Gasteiger partial charge in [-0.15, -0.1) is 0 Å². The molecule has 0 N–H and O–H groups in total. The lowest BCUT2D eigenvalue weighted by Crippen LogP contribution is -2.41. The fourth-order valence-electron chi connectivity index (χ4n) is 3.13. The molecular formula is C19H27N3O3. The van der Waals surface area contributed by atoms with Gasteiger partial charge in [-0.05, 0) is 40.0 Å². The zero-order valence-corrected chi connectivity index (χ0v) is 15.5. The molecule has 3 heterocycles. The van der Waals surface area contributed by atoms with E-state index in [4.69, 9.17) is 9.15 Å². The number of carbonyl (C=O) groups excluding carboxylic acids is 1. The molecule has 1 aliphatic rings. The molecule has 6 nitrogen and oxygen atoms in total. The van der Waals surface area contributed by atoms with Crippen molar-refractivity contribution in [2.75, 3.05) is 13.1 Å². The van der Waals surface area contributed by atoms with Gasteiger partial charge in [-0.25, -0.2) is 14.8 Å². The van der Waals surface area contributed by atoms with Crippen molar-refractivity contribution in [3.8, 4) is 0 Å². The zero-order chi connectivity index (χ0) is 18.0. The summed E-state index contributed by atoms with van der Waals surface area (Å²) in [4.78, 5) is 22.9. The fraction of sp³-hybridized carbons (Fsp3) is 0.632. The summed E-state index contributed by atoms with van der Waals surface area (Å²) in [6.07, 6.45) is 5.26. The minimum Gasteiger partial charge on any atom is -0.444 e. The number of nitrogens with zero attached hydrogens (tertiary/aromatic N) is 3. The Morgan fingerprint density at radius 3 is 2.72 bits per heavy atom. The van der Waals surface area contributed by atoms with E-state index in [2.05, 4.69) is 16.9 Å². The minimum absolute atomic E-state index is 0.233. The molecule has 1 aliphatic heterocycles. The summed E-state index contributed by atoms with van der Waals surface area (Å²) in [5.41, 5.74) is 1.97. The molecule has 2 aromatic rings. The maximum atomic E-state index is 12.2. The van der Waals surface area contributed by atoms with Crippen LogP contribution in [0.1, 0.15) is 64.3 Å². The SMILES string of the molecule is CCCc1cnc2oc(C3CCN(C(=O)OC(C)(C)C)CC3)cc2n1. The molecule has 0 unspecified atom stereocenters. The molecule has 6 heteroatoms. The van der Waals surface area contributed by atoms with Crippen LogP contribution in [0.25, 0.3) is 11.2 Å². The smallest absolute Gasteiger partial charge is 0.410 e. The number of hydrogen-bond acceptors (Lipinski definition) is 5. The molecule has 0 saturated carbocycles. The summed E-state index contributed by atoms with van der Waals surface area (Å²) in [6, 6.07) is 2.01. The number of furan rings is 1. The zero-order valence-electron chi connectivity index (χ0n) is 15.5. The lowest BCUT2D eigenvalue weighted by Gasteiger charge is -2.32. The number of piperidine rings is 1. The summed E-state index contributed by atoms with van der Waals surface area (Å²) in [6.45, 7) is 9.15. The molecule has 0 atom stereocenters. The van der Waals surface area contributed by atoms with Crippen LogP contribution in [0.5, 0.6) is 0 Å². The molecule has 0 aliphatic carbocycles. The number of hydrogen-bond donors (Lipinski definition) is 0. The molecule has 0 aromatic carbocycles. The van der Waals surface area contributed by atoms with Gasteiger partial charge < -0.3 is 14.1 Å². The predicted octanol–water partition coefficient (Wildman–Crippen LogP) is 4.29. The molecule has 0 radical (unpaired) electrons. The number of carbonyl (C=O) groups is 1. The lowest BCUT2D eigenvalue weighted by molar-refractivity contribution is 0.0200. The number of likely N-dealkylation sites (tertiary alicyclic amines) is 1. The number of amides is 1. The minimum atomic E-state index is -0.458. The van der Waals surface area contributed by atoms with Gasteiger partial charge >= 0.3 is 6.09 Å². The van der Waals surface area contributed by atoms with Gasteiger partial charge in [0.1, 0.15) is 16.9 Å². The van der Waals surface area contributed by atoms with Crippen LogP contribution in [0.3, 0.4) is 0 Å². The third-order valence-electron chi connectivity index (χ3n) is 4.36. The first-order valence-electron chi connectivity index (χ1n) is 9.09. The van der Waals surface area contributed by atoms with E-state index in [0.29, 0.717) is 24.7 Å². The Hall–Kier alpha value is -2.11. The first-order chi connectivity index (χ1) is 11.9. The van der Waals surface area contributed by atoms with Crippen molar-refractivity contribution in [2.45, 2.75) is 64.9 Å². The Balaban J connectivity index is 1.64. The molecule has 136 valence electrons. The summed E-state index contributed by atoms with van der Waals surface area (Å²) in [5, 5.41) is 0. The Bertz CT molecular complexity index is 740. The van der Waals surface area contributed by atoms with Gasteiger partial charge in [0.05, 0.1) is 11.9 Å². The molecule has 1 fully saturated rings. The normalized spacial score (nSPS) is 16.4. The molecule has 0 bridgehead atoms. The van der Waals surface area contributed by atoms with Crippen LogP contribution in [-0.2, 0) is 11.2 Å². The third-order valence-corrected chi connectivity index (χ3v) is 4.36. The summed E-state index contributed by atoms with van der Waals surface area (Å²) in [7, 11) is 0. The highest BCUT2D eigenvalue weighted by Crippen LogP contribution is 2.31. The van der Waals surface area contributed by atoms with Crippen LogP contribution >= 0.6 is 0 Å². The van der Waals surface area contributed by atoms with Gasteiger partial charge in [0.25, 0.3) is 0 Å². The van der Waals surface area contributed by atoms with Crippen LogP contribution in [0.4, 0.5) is 4.79 Å². The number of rotatable bonds is 3. The Morgan fingerprint density at radius 2 is 2.08 bits per heavy atom. The van der Waals surface area contributed by atoms with Crippen LogP contribution in [0.2, 0.25) is 0 Å². The van der Waals surface area contributed by atoms with E-state index in [1.807, 2.05) is 26.8 Å². The second kappa shape index (κ2) is 7.02. The van der Waals surface area contributed by atoms with E-state index >= 15 is 0 Å². The van der Waals surface area contributed by atoms with Crippen molar-refractivity contribution in [1.82, 2.24) is 14.9 Å². The Morgan fingerprint density at radius 1 is 1.36 bits per heavy atom. The summed E-state index contributed by atoms with van der Waals surface area (Å²) >= 11 is 0. The van der Waals surface area contributed by atoms with Gasteiger partial charge in [0.15, 0.2) is 0 Å². The number of ether oxygens (including phenoxy) is 1. The van der Waals surface area contributed by atoms with Gasteiger partial charge in [0.2, 0.25) is 5.71 Å². The molecule has 2 aromatic heterocycles. The highest BCUT2D eigenvalue weighted by Gasteiger charge is 2.29. The molecule has 1 saturated heterocycles. The van der Waals surface area contributed by atoms with Crippen molar-refractivity contribution in [1.29, 1.82) is 0 Å². The highest BCUT2D eigenvalue weighted by molar-refractivity contribution is 5.69. The van der Waals surface area contributed by atoms with E-state index in [9.17, 15) is 4.79 Å². The first kappa shape index (κ1) is 17.7. The van der Waals surface area contributed by atoms with Crippen molar-refractivity contribution in [3.05, 3.63) is 23.7 Å². The average Bonchev–Trinajstić information content (AvgIpc) is 2.97. The first-order valence-corrected chi connectivity index (χ1v) is 9.09. The molecule has 1 amide bonds. The predicted molar refractivity (Wildman–Crippen MR) is 95.6 cm³/mol. The Labute approximate surface area is 148 Å². The molecule has 25 heavy (non-hydrogen) atoms. The van der Waals surface area contributed by atoms with Crippen molar-refractivity contribution >= 4 is 17.3 Å². The van der Waals surface area contributed by atoms with Crippen LogP contribution in [-0.4, -0.2) is 39.7 Å². The number of aromatic nitrogens is 2.